The number of Topliss-reactive ketones (excluding diaryl/α,β-unsaturated/α-hetero) is 1. The summed E-state index contributed by atoms with van der Waals surface area (Å²) in [6.07, 6.45) is 0.230. The van der Waals surface area contributed by atoms with E-state index in [0.29, 0.717) is 5.57 Å². The quantitative estimate of drug-likeness (QED) is 0.369. The molecule has 0 aromatic rings. The Morgan fingerprint density at radius 1 is 1.00 bits per heavy atom. The van der Waals surface area contributed by atoms with Crippen LogP contribution in [0, 0.1) is 0 Å². The van der Waals surface area contributed by atoms with E-state index >= 15 is 0 Å². The van der Waals surface area contributed by atoms with E-state index in [0.717, 1.165) is 0 Å². The van der Waals surface area contributed by atoms with E-state index in [9.17, 15) is 14.4 Å². The topological polar surface area (TPSA) is 69.7 Å². The minimum Gasteiger partial charge on any atom is -0.462 e. The smallest absolute Gasteiger partial charge is 0.333 e. The molecule has 0 spiro atoms. The van der Waals surface area contributed by atoms with E-state index < -0.39 is 11.9 Å². The van der Waals surface area contributed by atoms with Gasteiger partial charge in [0, 0.05) is 12.0 Å². The van der Waals surface area contributed by atoms with Gasteiger partial charge in [-0.1, -0.05) is 6.58 Å². The minimum absolute atomic E-state index is 0.00248. The summed E-state index contributed by atoms with van der Waals surface area (Å²) >= 11 is 0. The molecule has 16 heavy (non-hydrogen) atoms. The Balaban J connectivity index is 3.52. The Morgan fingerprint density at radius 2 is 1.56 bits per heavy atom. The van der Waals surface area contributed by atoms with Gasteiger partial charge >= 0.3 is 11.9 Å². The normalized spacial score (nSPS) is 9.38. The van der Waals surface area contributed by atoms with Gasteiger partial charge in [-0.25, -0.2) is 4.79 Å². The Hall–Kier alpha value is -1.65. The third-order valence-electron chi connectivity index (χ3n) is 1.61. The number of ketones is 1. The molecule has 0 heterocycles. The molecule has 0 bridgehead atoms. The fraction of sp³-hybridized carbons (Fsp3) is 0.545. The first-order valence-corrected chi connectivity index (χ1v) is 4.91. The molecule has 0 saturated carbocycles. The van der Waals surface area contributed by atoms with Gasteiger partial charge in [-0.2, -0.15) is 0 Å². The summed E-state index contributed by atoms with van der Waals surface area (Å²) in [6.45, 7) is 6.32. The Labute approximate surface area is 94.4 Å². The van der Waals surface area contributed by atoms with E-state index in [1.165, 1.54) is 13.8 Å². The summed E-state index contributed by atoms with van der Waals surface area (Å²) in [4.78, 5) is 32.4. The van der Waals surface area contributed by atoms with Crippen molar-refractivity contribution < 1.29 is 23.9 Å². The van der Waals surface area contributed by atoms with Crippen LogP contribution in [0.4, 0.5) is 0 Å². The summed E-state index contributed by atoms with van der Waals surface area (Å²) < 4.78 is 9.42. The van der Waals surface area contributed by atoms with Crippen molar-refractivity contribution in [3.8, 4) is 0 Å². The molecule has 0 aliphatic heterocycles. The number of carbonyl (C=O) groups is 3. The molecule has 5 heteroatoms. The molecule has 0 saturated heterocycles. The minimum atomic E-state index is -0.514. The maximum absolute atomic E-state index is 11.0. The van der Waals surface area contributed by atoms with Crippen molar-refractivity contribution in [2.75, 3.05) is 13.2 Å². The van der Waals surface area contributed by atoms with Gasteiger partial charge in [-0.05, 0) is 13.8 Å². The Bertz CT molecular complexity index is 293. The molecular formula is C11H16O5. The predicted molar refractivity (Wildman–Crippen MR) is 56.6 cm³/mol. The van der Waals surface area contributed by atoms with Crippen LogP contribution in [-0.4, -0.2) is 30.9 Å². The number of hydrogen-bond donors (Lipinski definition) is 0. The second-order valence-corrected chi connectivity index (χ2v) is 3.34. The lowest BCUT2D eigenvalue weighted by molar-refractivity contribution is -0.150. The number of hydrogen-bond acceptors (Lipinski definition) is 5. The second-order valence-electron chi connectivity index (χ2n) is 3.34. The van der Waals surface area contributed by atoms with Gasteiger partial charge in [0.25, 0.3) is 0 Å². The lowest BCUT2D eigenvalue weighted by Crippen LogP contribution is -2.14. The largest absolute Gasteiger partial charge is 0.462 e. The summed E-state index contributed by atoms with van der Waals surface area (Å²) in [5, 5.41) is 0. The standard InChI is InChI=1S/C11H16O5/c1-8(2)11(14)16-7-6-15-10(13)5-4-9(3)12/h1,4-7H2,2-3H3. The van der Waals surface area contributed by atoms with Gasteiger partial charge in [-0.3, -0.25) is 4.79 Å². The van der Waals surface area contributed by atoms with Crippen molar-refractivity contribution in [1.82, 2.24) is 0 Å². The van der Waals surface area contributed by atoms with Crippen LogP contribution in [0.2, 0.25) is 0 Å². The van der Waals surface area contributed by atoms with E-state index in [4.69, 9.17) is 9.47 Å². The zero-order valence-corrected chi connectivity index (χ0v) is 9.58. The molecule has 0 atom stereocenters. The van der Waals surface area contributed by atoms with Crippen LogP contribution in [0.15, 0.2) is 12.2 Å². The molecule has 0 fully saturated rings. The highest BCUT2D eigenvalue weighted by Crippen LogP contribution is 1.95. The number of ether oxygens (including phenoxy) is 2. The zero-order valence-electron chi connectivity index (χ0n) is 9.58. The fourth-order valence-electron chi connectivity index (χ4n) is 0.763. The highest BCUT2D eigenvalue weighted by Gasteiger charge is 2.06. The molecule has 90 valence electrons. The molecule has 0 radical (unpaired) electrons. The number of rotatable bonds is 7. The molecule has 0 N–H and O–H groups in total. The maximum Gasteiger partial charge on any atom is 0.333 e. The van der Waals surface area contributed by atoms with Gasteiger partial charge in [0.1, 0.15) is 19.0 Å². The first kappa shape index (κ1) is 14.3. The number of esters is 2. The van der Waals surface area contributed by atoms with E-state index in [1.807, 2.05) is 0 Å². The van der Waals surface area contributed by atoms with Crippen molar-refractivity contribution in [2.24, 2.45) is 0 Å². The van der Waals surface area contributed by atoms with Gasteiger partial charge in [-0.15, -0.1) is 0 Å². The van der Waals surface area contributed by atoms with Crippen LogP contribution in [-0.2, 0) is 23.9 Å². The molecular weight excluding hydrogens is 212 g/mol. The van der Waals surface area contributed by atoms with Crippen LogP contribution in [0.25, 0.3) is 0 Å². The summed E-state index contributed by atoms with van der Waals surface area (Å²) in [5.41, 5.74) is 0.294. The molecule has 0 aliphatic rings. The van der Waals surface area contributed by atoms with Crippen molar-refractivity contribution in [1.29, 1.82) is 0 Å². The lowest BCUT2D eigenvalue weighted by atomic mass is 10.2. The molecule has 0 amide bonds. The molecule has 0 unspecified atom stereocenters. The third-order valence-corrected chi connectivity index (χ3v) is 1.61. The monoisotopic (exact) mass is 228 g/mol. The van der Waals surface area contributed by atoms with Crippen molar-refractivity contribution in [3.05, 3.63) is 12.2 Å². The predicted octanol–water partition coefficient (Wildman–Crippen LogP) is 1.02. The fourth-order valence-corrected chi connectivity index (χ4v) is 0.763. The van der Waals surface area contributed by atoms with Crippen LogP contribution in [0.3, 0.4) is 0 Å². The maximum atomic E-state index is 11.0. The molecule has 0 aliphatic carbocycles. The van der Waals surface area contributed by atoms with Crippen molar-refractivity contribution in [2.45, 2.75) is 26.7 Å². The van der Waals surface area contributed by atoms with Crippen LogP contribution in [0.5, 0.6) is 0 Å². The van der Waals surface area contributed by atoms with Crippen LogP contribution < -0.4 is 0 Å². The average molecular weight is 228 g/mol. The lowest BCUT2D eigenvalue weighted by Gasteiger charge is -2.05. The second kappa shape index (κ2) is 7.62. The van der Waals surface area contributed by atoms with Crippen molar-refractivity contribution >= 4 is 17.7 Å². The number of carbonyl (C=O) groups excluding carboxylic acids is 3. The van der Waals surface area contributed by atoms with Gasteiger partial charge in [0.15, 0.2) is 0 Å². The van der Waals surface area contributed by atoms with E-state index in [1.54, 1.807) is 0 Å². The first-order valence-electron chi connectivity index (χ1n) is 4.91. The average Bonchev–Trinajstić information content (AvgIpc) is 2.20. The van der Waals surface area contributed by atoms with Gasteiger partial charge < -0.3 is 14.3 Å². The molecule has 0 rings (SSSR count). The zero-order chi connectivity index (χ0) is 12.6. The van der Waals surface area contributed by atoms with Crippen LogP contribution in [0.1, 0.15) is 26.7 Å². The summed E-state index contributed by atoms with van der Waals surface area (Å²) in [7, 11) is 0. The summed E-state index contributed by atoms with van der Waals surface area (Å²) in [5.74, 6) is -1.05. The first-order chi connectivity index (χ1) is 7.43. The van der Waals surface area contributed by atoms with E-state index in [-0.39, 0.29) is 31.8 Å². The SMILES string of the molecule is C=C(C)C(=O)OCCOC(=O)CCC(C)=O. The van der Waals surface area contributed by atoms with E-state index in [2.05, 4.69) is 6.58 Å². The summed E-state index contributed by atoms with van der Waals surface area (Å²) in [6, 6.07) is 0. The Kier molecular flexibility index (Phi) is 6.83. The highest BCUT2D eigenvalue weighted by molar-refractivity contribution is 5.86. The van der Waals surface area contributed by atoms with Crippen molar-refractivity contribution in [3.63, 3.8) is 0 Å². The molecule has 0 aromatic carbocycles. The van der Waals surface area contributed by atoms with Gasteiger partial charge in [0.05, 0.1) is 6.42 Å². The van der Waals surface area contributed by atoms with Crippen LogP contribution >= 0.6 is 0 Å². The van der Waals surface area contributed by atoms with Gasteiger partial charge in [0.2, 0.25) is 0 Å². The third kappa shape index (κ3) is 7.73. The molecule has 5 nitrogen and oxygen atoms in total. The highest BCUT2D eigenvalue weighted by atomic mass is 16.6. The Morgan fingerprint density at radius 3 is 2.06 bits per heavy atom. The molecule has 0 aromatic heterocycles.